The third kappa shape index (κ3) is 3.58. The molecule has 110 valence electrons. The van der Waals surface area contributed by atoms with Crippen molar-refractivity contribution in [2.45, 2.75) is 12.8 Å². The van der Waals surface area contributed by atoms with Gasteiger partial charge in [0.2, 0.25) is 5.95 Å². The molecule has 1 N–H and O–H groups in total. The zero-order valence-corrected chi connectivity index (χ0v) is 12.6. The Morgan fingerprint density at radius 3 is 2.76 bits per heavy atom. The second-order valence-electron chi connectivity index (χ2n) is 5.20. The topological polar surface area (TPSA) is 58.1 Å². The van der Waals surface area contributed by atoms with E-state index in [1.807, 2.05) is 22.9 Å². The van der Waals surface area contributed by atoms with Crippen molar-refractivity contribution in [3.05, 3.63) is 40.8 Å². The first kappa shape index (κ1) is 14.0. The zero-order chi connectivity index (χ0) is 14.5. The van der Waals surface area contributed by atoms with E-state index in [0.29, 0.717) is 5.92 Å². The molecule has 0 atom stereocenters. The lowest BCUT2D eigenvalue weighted by molar-refractivity contribution is 0.0945. The van der Waals surface area contributed by atoms with Gasteiger partial charge in [0.1, 0.15) is 0 Å². The molecule has 0 aromatic carbocycles. The first-order valence-electron chi connectivity index (χ1n) is 7.15. The maximum absolute atomic E-state index is 11.9. The van der Waals surface area contributed by atoms with Crippen molar-refractivity contribution in [1.82, 2.24) is 15.3 Å². The Morgan fingerprint density at radius 2 is 2.10 bits per heavy atom. The third-order valence-electron chi connectivity index (χ3n) is 3.78. The van der Waals surface area contributed by atoms with Gasteiger partial charge in [-0.1, -0.05) is 0 Å². The summed E-state index contributed by atoms with van der Waals surface area (Å²) in [6.07, 6.45) is 5.66. The molecule has 1 aliphatic heterocycles. The second kappa shape index (κ2) is 6.67. The lowest BCUT2D eigenvalue weighted by Gasteiger charge is -2.31. The fourth-order valence-electron chi connectivity index (χ4n) is 2.52. The summed E-state index contributed by atoms with van der Waals surface area (Å²) in [4.78, 5) is 22.7. The van der Waals surface area contributed by atoms with Crippen LogP contribution < -0.4 is 10.2 Å². The summed E-state index contributed by atoms with van der Waals surface area (Å²) >= 11 is 1.55. The van der Waals surface area contributed by atoms with Gasteiger partial charge < -0.3 is 10.2 Å². The van der Waals surface area contributed by atoms with Gasteiger partial charge in [-0.2, -0.15) is 11.3 Å². The third-order valence-corrected chi connectivity index (χ3v) is 4.47. The Hall–Kier alpha value is -1.95. The van der Waals surface area contributed by atoms with Gasteiger partial charge in [-0.15, -0.1) is 0 Å². The van der Waals surface area contributed by atoms with E-state index in [2.05, 4.69) is 20.2 Å². The Labute approximate surface area is 128 Å². The number of carbonyl (C=O) groups is 1. The van der Waals surface area contributed by atoms with Crippen LogP contribution >= 0.6 is 11.3 Å². The molecule has 0 spiro atoms. The maximum Gasteiger partial charge on any atom is 0.252 e. The highest BCUT2D eigenvalue weighted by Gasteiger charge is 2.21. The number of amides is 1. The Morgan fingerprint density at radius 1 is 1.33 bits per heavy atom. The summed E-state index contributed by atoms with van der Waals surface area (Å²) in [5.74, 6) is 1.37. The van der Waals surface area contributed by atoms with Gasteiger partial charge in [0.05, 0.1) is 0 Å². The molecular formula is C15H18N4OS. The molecule has 3 rings (SSSR count). The van der Waals surface area contributed by atoms with Crippen LogP contribution in [0.3, 0.4) is 0 Å². The van der Waals surface area contributed by atoms with Crippen LogP contribution in [0.1, 0.15) is 23.2 Å². The number of aromatic nitrogens is 2. The van der Waals surface area contributed by atoms with Crippen LogP contribution in [0.2, 0.25) is 0 Å². The Kier molecular flexibility index (Phi) is 4.45. The summed E-state index contributed by atoms with van der Waals surface area (Å²) in [6, 6.07) is 3.69. The zero-order valence-electron chi connectivity index (χ0n) is 11.7. The largest absolute Gasteiger partial charge is 0.352 e. The van der Waals surface area contributed by atoms with Crippen molar-refractivity contribution in [3.63, 3.8) is 0 Å². The molecule has 1 amide bonds. The average Bonchev–Trinajstić information content (AvgIpc) is 3.08. The van der Waals surface area contributed by atoms with E-state index in [4.69, 9.17) is 0 Å². The van der Waals surface area contributed by atoms with Crippen molar-refractivity contribution < 1.29 is 4.79 Å². The minimum Gasteiger partial charge on any atom is -0.352 e. The molecule has 0 bridgehead atoms. The lowest BCUT2D eigenvalue weighted by atomic mass is 9.97. The molecule has 5 nitrogen and oxygen atoms in total. The van der Waals surface area contributed by atoms with Crippen LogP contribution in [0.15, 0.2) is 35.3 Å². The highest BCUT2D eigenvalue weighted by molar-refractivity contribution is 7.08. The fraction of sp³-hybridized carbons (Fsp3) is 0.400. The molecule has 6 heteroatoms. The molecule has 0 aliphatic carbocycles. The smallest absolute Gasteiger partial charge is 0.252 e. The van der Waals surface area contributed by atoms with Gasteiger partial charge in [-0.3, -0.25) is 4.79 Å². The van der Waals surface area contributed by atoms with Crippen molar-refractivity contribution >= 4 is 23.2 Å². The van der Waals surface area contributed by atoms with E-state index in [0.717, 1.165) is 44.0 Å². The molecule has 0 radical (unpaired) electrons. The van der Waals surface area contributed by atoms with Crippen molar-refractivity contribution in [3.8, 4) is 0 Å². The van der Waals surface area contributed by atoms with Crippen LogP contribution in [0.25, 0.3) is 0 Å². The monoisotopic (exact) mass is 302 g/mol. The maximum atomic E-state index is 11.9. The lowest BCUT2D eigenvalue weighted by Crippen LogP contribution is -2.39. The molecular weight excluding hydrogens is 284 g/mol. The molecule has 2 aromatic rings. The molecule has 1 fully saturated rings. The van der Waals surface area contributed by atoms with Gasteiger partial charge in [0.15, 0.2) is 0 Å². The number of nitrogens with one attached hydrogen (secondary N) is 1. The number of rotatable bonds is 4. The van der Waals surface area contributed by atoms with Gasteiger partial charge in [0.25, 0.3) is 5.91 Å². The number of hydrogen-bond donors (Lipinski definition) is 1. The number of piperidine rings is 1. The molecule has 21 heavy (non-hydrogen) atoms. The van der Waals surface area contributed by atoms with Gasteiger partial charge in [0, 0.05) is 43.0 Å². The highest BCUT2D eigenvalue weighted by atomic mass is 32.1. The fourth-order valence-corrected chi connectivity index (χ4v) is 3.16. The van der Waals surface area contributed by atoms with Gasteiger partial charge in [-0.05, 0) is 36.3 Å². The average molecular weight is 302 g/mol. The number of anilines is 1. The van der Waals surface area contributed by atoms with E-state index in [1.54, 1.807) is 23.7 Å². The standard InChI is InChI=1S/C15H18N4OS/c20-14(13-4-9-21-11-13)18-10-12-2-7-19(8-3-12)15-16-5-1-6-17-15/h1,4-6,9,11-12H,2-3,7-8,10H2,(H,18,20). The SMILES string of the molecule is O=C(NCC1CCN(c2ncccn2)CC1)c1ccsc1. The minimum absolute atomic E-state index is 0.0325. The summed E-state index contributed by atoms with van der Waals surface area (Å²) in [6.45, 7) is 2.64. The number of carbonyl (C=O) groups excluding carboxylic acids is 1. The summed E-state index contributed by atoms with van der Waals surface area (Å²) in [5.41, 5.74) is 0.759. The van der Waals surface area contributed by atoms with E-state index in [9.17, 15) is 4.79 Å². The molecule has 1 aliphatic rings. The predicted octanol–water partition coefficient (Wildman–Crippen LogP) is 2.18. The van der Waals surface area contributed by atoms with Crippen LogP contribution in [-0.2, 0) is 0 Å². The normalized spacial score (nSPS) is 15.9. The van der Waals surface area contributed by atoms with Gasteiger partial charge in [-0.25, -0.2) is 9.97 Å². The first-order valence-corrected chi connectivity index (χ1v) is 8.09. The van der Waals surface area contributed by atoms with Crippen molar-refractivity contribution in [2.24, 2.45) is 5.92 Å². The molecule has 2 aromatic heterocycles. The Bertz CT molecular complexity index is 565. The number of hydrogen-bond acceptors (Lipinski definition) is 5. The van der Waals surface area contributed by atoms with E-state index >= 15 is 0 Å². The van der Waals surface area contributed by atoms with Crippen LogP contribution in [0.5, 0.6) is 0 Å². The van der Waals surface area contributed by atoms with E-state index in [1.165, 1.54) is 0 Å². The molecule has 0 unspecified atom stereocenters. The van der Waals surface area contributed by atoms with E-state index in [-0.39, 0.29) is 5.91 Å². The van der Waals surface area contributed by atoms with E-state index < -0.39 is 0 Å². The molecule has 3 heterocycles. The number of thiophene rings is 1. The quantitative estimate of drug-likeness (QED) is 0.940. The molecule has 1 saturated heterocycles. The second-order valence-corrected chi connectivity index (χ2v) is 5.98. The van der Waals surface area contributed by atoms with Gasteiger partial charge >= 0.3 is 0 Å². The minimum atomic E-state index is 0.0325. The molecule has 0 saturated carbocycles. The summed E-state index contributed by atoms with van der Waals surface area (Å²) < 4.78 is 0. The van der Waals surface area contributed by atoms with Crippen molar-refractivity contribution in [1.29, 1.82) is 0 Å². The number of nitrogens with zero attached hydrogens (tertiary/aromatic N) is 3. The Balaban J connectivity index is 1.45. The predicted molar refractivity (Wildman–Crippen MR) is 83.6 cm³/mol. The first-order chi connectivity index (χ1) is 10.3. The van der Waals surface area contributed by atoms with Crippen LogP contribution in [0.4, 0.5) is 5.95 Å². The van der Waals surface area contributed by atoms with Crippen molar-refractivity contribution in [2.75, 3.05) is 24.5 Å². The van der Waals surface area contributed by atoms with Crippen LogP contribution in [0, 0.1) is 5.92 Å². The highest BCUT2D eigenvalue weighted by Crippen LogP contribution is 2.19. The summed E-state index contributed by atoms with van der Waals surface area (Å²) in [7, 11) is 0. The summed E-state index contributed by atoms with van der Waals surface area (Å²) in [5, 5.41) is 6.83. The van der Waals surface area contributed by atoms with Crippen LogP contribution in [-0.4, -0.2) is 35.5 Å².